The van der Waals surface area contributed by atoms with Crippen LogP contribution >= 0.6 is 0 Å². The van der Waals surface area contributed by atoms with Crippen molar-refractivity contribution in [3.63, 3.8) is 0 Å². The Hall–Kier alpha value is 2.07. The quantitative estimate of drug-likeness (QED) is 0.174. The van der Waals surface area contributed by atoms with Crippen molar-refractivity contribution in [1.82, 2.24) is 0 Å². The zero-order chi connectivity index (χ0) is 14.4. The molecule has 0 rings (SSSR count). The molecule has 0 heterocycles. The van der Waals surface area contributed by atoms with Crippen molar-refractivity contribution < 1.29 is 85.4 Å². The average Bonchev–Trinajstić information content (AvgIpc) is 2.13. The molecule has 0 unspecified atom stereocenters. The number of quaternary nitrogens is 3. The third kappa shape index (κ3) is 20.0. The summed E-state index contributed by atoms with van der Waals surface area (Å²) in [4.78, 5) is 0. The largest absolute Gasteiger partial charge is 1.00 e. The van der Waals surface area contributed by atoms with Gasteiger partial charge < -0.3 is 85.4 Å². The molecule has 0 saturated heterocycles. The molecule has 0 aliphatic heterocycles. The lowest BCUT2D eigenvalue weighted by atomic mass is 10.2. The van der Waals surface area contributed by atoms with E-state index in [-0.39, 0.29) is 71.9 Å². The molecule has 0 amide bonds. The normalized spacial score (nSPS) is 12.0. The first kappa shape index (κ1) is 30.9. The molecule has 0 aromatic rings. The second kappa shape index (κ2) is 13.4. The summed E-state index contributed by atoms with van der Waals surface area (Å²) in [6.45, 7) is 8.80. The van der Waals surface area contributed by atoms with Crippen LogP contribution in [0, 0.1) is 0 Å². The fourth-order valence-electron chi connectivity index (χ4n) is 2.28. The highest BCUT2D eigenvalue weighted by Crippen LogP contribution is 2.08. The lowest BCUT2D eigenvalue weighted by molar-refractivity contribution is -0.921. The van der Waals surface area contributed by atoms with Crippen LogP contribution in [0.4, 0.5) is 0 Å². The monoisotopic (exact) mass is 641 g/mol. The SMILES string of the molecule is CC[N+](C)(CCC[N+](C)(C)C)CCC[N+](C)(C)C.[I-].[I-].[I-]. The van der Waals surface area contributed by atoms with Gasteiger partial charge in [-0.05, 0) is 6.92 Å². The molecule has 0 spiro atoms. The summed E-state index contributed by atoms with van der Waals surface area (Å²) in [5.41, 5.74) is 0. The van der Waals surface area contributed by atoms with Crippen LogP contribution < -0.4 is 71.9 Å². The van der Waals surface area contributed by atoms with Gasteiger partial charge in [0.2, 0.25) is 0 Å². The first-order chi connectivity index (χ1) is 7.97. The molecule has 21 heavy (non-hydrogen) atoms. The molecule has 0 saturated carbocycles. The molecular formula is C15H38I3N3. The Morgan fingerprint density at radius 1 is 0.524 bits per heavy atom. The third-order valence-corrected chi connectivity index (χ3v) is 3.82. The van der Waals surface area contributed by atoms with Crippen LogP contribution in [0.5, 0.6) is 0 Å². The van der Waals surface area contributed by atoms with E-state index >= 15 is 0 Å². The Morgan fingerprint density at radius 3 is 1.00 bits per heavy atom. The van der Waals surface area contributed by atoms with Gasteiger partial charge in [0, 0.05) is 12.8 Å². The fourth-order valence-corrected chi connectivity index (χ4v) is 2.28. The van der Waals surface area contributed by atoms with Gasteiger partial charge in [0.25, 0.3) is 0 Å². The van der Waals surface area contributed by atoms with Crippen LogP contribution in [0.1, 0.15) is 19.8 Å². The van der Waals surface area contributed by atoms with Crippen LogP contribution in [0.3, 0.4) is 0 Å². The minimum Gasteiger partial charge on any atom is -1.00 e. The second-order valence-corrected chi connectivity index (χ2v) is 8.12. The Balaban J connectivity index is -0.000000482. The van der Waals surface area contributed by atoms with Crippen LogP contribution in [0.25, 0.3) is 0 Å². The van der Waals surface area contributed by atoms with E-state index in [1.54, 1.807) is 0 Å². The molecule has 134 valence electrons. The Labute approximate surface area is 185 Å². The molecule has 0 N–H and O–H groups in total. The summed E-state index contributed by atoms with van der Waals surface area (Å²) in [6.07, 6.45) is 2.66. The second-order valence-electron chi connectivity index (χ2n) is 8.12. The summed E-state index contributed by atoms with van der Waals surface area (Å²) < 4.78 is 3.41. The van der Waals surface area contributed by atoms with E-state index in [1.807, 2.05) is 0 Å². The standard InChI is InChI=1S/C15H38N3.3HI/c1-9-18(8,14-10-12-16(2,3)4)15-11-13-17(5,6)7;;;/h9-15H2,1-8H3;3*1H/q+3;;;/p-3. The highest BCUT2D eigenvalue weighted by molar-refractivity contribution is 4.42. The van der Waals surface area contributed by atoms with Gasteiger partial charge in [-0.15, -0.1) is 0 Å². The molecule has 0 radical (unpaired) electrons. The maximum absolute atomic E-state index is 2.42. The minimum atomic E-state index is 0. The molecule has 6 heteroatoms. The molecule has 0 aromatic carbocycles. The number of rotatable bonds is 9. The van der Waals surface area contributed by atoms with Crippen molar-refractivity contribution >= 4 is 0 Å². The van der Waals surface area contributed by atoms with Gasteiger partial charge in [-0.1, -0.05) is 0 Å². The maximum Gasteiger partial charge on any atom is 0.0838 e. The predicted octanol–water partition coefficient (Wildman–Crippen LogP) is -7.34. The zero-order valence-corrected chi connectivity index (χ0v) is 21.9. The summed E-state index contributed by atoms with van der Waals surface area (Å²) in [5.74, 6) is 0. The first-order valence-electron chi connectivity index (χ1n) is 7.42. The summed E-state index contributed by atoms with van der Waals surface area (Å²) >= 11 is 0. The van der Waals surface area contributed by atoms with Crippen molar-refractivity contribution in [3.05, 3.63) is 0 Å². The van der Waals surface area contributed by atoms with Crippen molar-refractivity contribution in [1.29, 1.82) is 0 Å². The summed E-state index contributed by atoms with van der Waals surface area (Å²) in [6, 6.07) is 0. The number of halogens is 3. The Morgan fingerprint density at radius 2 is 0.810 bits per heavy atom. The lowest BCUT2D eigenvalue weighted by Gasteiger charge is -2.35. The fraction of sp³-hybridized carbons (Fsp3) is 1.00. The van der Waals surface area contributed by atoms with Gasteiger partial charge in [-0.25, -0.2) is 0 Å². The van der Waals surface area contributed by atoms with Gasteiger partial charge in [0.05, 0.1) is 82.1 Å². The topological polar surface area (TPSA) is 0 Å². The van der Waals surface area contributed by atoms with Crippen LogP contribution in [-0.4, -0.2) is 95.5 Å². The van der Waals surface area contributed by atoms with E-state index in [0.717, 1.165) is 8.97 Å². The number of hydrogen-bond acceptors (Lipinski definition) is 0. The van der Waals surface area contributed by atoms with Gasteiger partial charge in [0.15, 0.2) is 0 Å². The highest BCUT2D eigenvalue weighted by Gasteiger charge is 2.21. The van der Waals surface area contributed by atoms with Crippen molar-refractivity contribution in [3.8, 4) is 0 Å². The zero-order valence-electron chi connectivity index (χ0n) is 15.4. The van der Waals surface area contributed by atoms with Gasteiger partial charge in [-0.3, -0.25) is 0 Å². The van der Waals surface area contributed by atoms with E-state index in [4.69, 9.17) is 0 Å². The summed E-state index contributed by atoms with van der Waals surface area (Å²) in [5, 5.41) is 0. The van der Waals surface area contributed by atoms with Crippen molar-refractivity contribution in [2.75, 3.05) is 82.1 Å². The molecule has 0 fully saturated rings. The van der Waals surface area contributed by atoms with Gasteiger partial charge in [-0.2, -0.15) is 0 Å². The van der Waals surface area contributed by atoms with E-state index < -0.39 is 0 Å². The van der Waals surface area contributed by atoms with E-state index in [1.165, 1.54) is 50.0 Å². The lowest BCUT2D eigenvalue weighted by Crippen LogP contribution is -3.00. The first-order valence-corrected chi connectivity index (χ1v) is 7.42. The molecular weight excluding hydrogens is 603 g/mol. The van der Waals surface area contributed by atoms with Crippen molar-refractivity contribution in [2.45, 2.75) is 19.8 Å². The van der Waals surface area contributed by atoms with Crippen LogP contribution in [0.15, 0.2) is 0 Å². The molecule has 3 nitrogen and oxygen atoms in total. The Kier molecular flexibility index (Phi) is 19.7. The minimum absolute atomic E-state index is 0. The predicted molar refractivity (Wildman–Crippen MR) is 81.5 cm³/mol. The third-order valence-electron chi connectivity index (χ3n) is 3.82. The van der Waals surface area contributed by atoms with E-state index in [9.17, 15) is 0 Å². The van der Waals surface area contributed by atoms with Crippen LogP contribution in [0.2, 0.25) is 0 Å². The van der Waals surface area contributed by atoms with Crippen LogP contribution in [-0.2, 0) is 0 Å². The molecule has 0 aliphatic carbocycles. The molecule has 0 aromatic heterocycles. The van der Waals surface area contributed by atoms with Gasteiger partial charge >= 0.3 is 0 Å². The smallest absolute Gasteiger partial charge is 0.0838 e. The average molecular weight is 641 g/mol. The number of hydrogen-bond donors (Lipinski definition) is 0. The number of nitrogens with zero attached hydrogens (tertiary/aromatic N) is 3. The van der Waals surface area contributed by atoms with Crippen molar-refractivity contribution in [2.24, 2.45) is 0 Å². The van der Waals surface area contributed by atoms with E-state index in [2.05, 4.69) is 56.3 Å². The molecule has 0 atom stereocenters. The highest BCUT2D eigenvalue weighted by atomic mass is 127. The molecule has 0 aliphatic rings. The van der Waals surface area contributed by atoms with E-state index in [0.29, 0.717) is 0 Å². The maximum atomic E-state index is 2.42. The summed E-state index contributed by atoms with van der Waals surface area (Å²) in [7, 11) is 16.1. The van der Waals surface area contributed by atoms with Gasteiger partial charge in [0.1, 0.15) is 0 Å². The Bertz CT molecular complexity index is 215. The molecule has 0 bridgehead atoms.